The molecule has 0 saturated heterocycles. The fraction of sp³-hybridized carbons (Fsp3) is 0.148. The highest BCUT2D eigenvalue weighted by Crippen LogP contribution is 2.42. The smallest absolute Gasteiger partial charge is 0.0556 e. The molecule has 1 heteroatoms. The van der Waals surface area contributed by atoms with Gasteiger partial charge in [0.1, 0.15) is 0 Å². The summed E-state index contributed by atoms with van der Waals surface area (Å²) in [4.78, 5) is 4.86. The van der Waals surface area contributed by atoms with Crippen LogP contribution in [0.4, 0.5) is 0 Å². The first-order valence-electron chi connectivity index (χ1n) is 10.2. The van der Waals surface area contributed by atoms with Gasteiger partial charge in [0.15, 0.2) is 0 Å². The molecule has 0 spiro atoms. The Morgan fingerprint density at radius 1 is 0.643 bits per heavy atom. The summed E-state index contributed by atoms with van der Waals surface area (Å²) < 4.78 is 0. The predicted molar refractivity (Wildman–Crippen MR) is 118 cm³/mol. The molecule has 1 heterocycles. The molecule has 0 amide bonds. The third kappa shape index (κ3) is 2.29. The van der Waals surface area contributed by atoms with Crippen LogP contribution in [0.2, 0.25) is 0 Å². The topological polar surface area (TPSA) is 12.9 Å². The molecule has 1 aliphatic carbocycles. The normalized spacial score (nSPS) is 16.5. The van der Waals surface area contributed by atoms with E-state index >= 15 is 0 Å². The van der Waals surface area contributed by atoms with Crippen LogP contribution in [0.15, 0.2) is 85.1 Å². The van der Waals surface area contributed by atoms with Gasteiger partial charge in [0.05, 0.1) is 5.69 Å². The Hall–Kier alpha value is -3.19. The van der Waals surface area contributed by atoms with E-state index in [1.54, 1.807) is 0 Å². The Bertz CT molecular complexity index is 1340. The van der Waals surface area contributed by atoms with Gasteiger partial charge in [0.2, 0.25) is 0 Å². The van der Waals surface area contributed by atoms with Gasteiger partial charge >= 0.3 is 0 Å². The average Bonchev–Trinajstić information content (AvgIpc) is 2.78. The highest BCUT2D eigenvalue weighted by atomic mass is 14.7. The molecule has 0 fully saturated rings. The van der Waals surface area contributed by atoms with Gasteiger partial charge in [-0.3, -0.25) is 4.98 Å². The van der Waals surface area contributed by atoms with Crippen molar-refractivity contribution in [2.75, 3.05) is 0 Å². The molecule has 0 bridgehead atoms. The average molecular weight is 359 g/mol. The zero-order valence-corrected chi connectivity index (χ0v) is 15.7. The molecule has 5 aromatic rings. The Kier molecular flexibility index (Phi) is 3.49. The van der Waals surface area contributed by atoms with Crippen LogP contribution < -0.4 is 0 Å². The van der Waals surface area contributed by atoms with Gasteiger partial charge in [-0.15, -0.1) is 0 Å². The van der Waals surface area contributed by atoms with E-state index in [2.05, 4.69) is 78.9 Å². The Balaban J connectivity index is 1.61. The molecule has 28 heavy (non-hydrogen) atoms. The number of hydrogen-bond acceptors (Lipinski definition) is 1. The second-order valence-corrected chi connectivity index (χ2v) is 7.88. The molecule has 0 radical (unpaired) electrons. The number of pyridine rings is 1. The summed E-state index contributed by atoms with van der Waals surface area (Å²) in [5.74, 6) is 0.380. The van der Waals surface area contributed by atoms with Gasteiger partial charge in [-0.05, 0) is 63.4 Å². The van der Waals surface area contributed by atoms with Crippen LogP contribution in [0.25, 0.3) is 32.3 Å². The fourth-order valence-corrected chi connectivity index (χ4v) is 5.12. The lowest BCUT2D eigenvalue weighted by atomic mass is 9.77. The lowest BCUT2D eigenvalue weighted by Gasteiger charge is -2.27. The van der Waals surface area contributed by atoms with E-state index in [1.165, 1.54) is 62.0 Å². The summed E-state index contributed by atoms with van der Waals surface area (Å²) in [6.45, 7) is 0. The molecule has 1 nitrogen and oxygen atoms in total. The minimum atomic E-state index is 0.380. The number of rotatable bonds is 1. The third-order valence-electron chi connectivity index (χ3n) is 6.40. The third-order valence-corrected chi connectivity index (χ3v) is 6.40. The van der Waals surface area contributed by atoms with Crippen LogP contribution in [0.5, 0.6) is 0 Å². The highest BCUT2D eigenvalue weighted by Gasteiger charge is 2.25. The zero-order valence-electron chi connectivity index (χ0n) is 15.7. The molecule has 1 aromatic heterocycles. The van der Waals surface area contributed by atoms with Crippen LogP contribution >= 0.6 is 0 Å². The summed E-state index contributed by atoms with van der Waals surface area (Å²) in [5, 5.41) is 8.05. The van der Waals surface area contributed by atoms with Crippen LogP contribution in [-0.2, 0) is 6.42 Å². The van der Waals surface area contributed by atoms with Crippen molar-refractivity contribution in [2.24, 2.45) is 0 Å². The second kappa shape index (κ2) is 6.17. The van der Waals surface area contributed by atoms with Crippen molar-refractivity contribution in [1.29, 1.82) is 0 Å². The molecule has 134 valence electrons. The van der Waals surface area contributed by atoms with Crippen molar-refractivity contribution in [1.82, 2.24) is 4.98 Å². The van der Waals surface area contributed by atoms with Crippen LogP contribution in [0.3, 0.4) is 0 Å². The Morgan fingerprint density at radius 2 is 1.39 bits per heavy atom. The van der Waals surface area contributed by atoms with Crippen molar-refractivity contribution in [3.63, 3.8) is 0 Å². The maximum atomic E-state index is 4.86. The molecule has 1 atom stereocenters. The van der Waals surface area contributed by atoms with Crippen molar-refractivity contribution >= 4 is 32.3 Å². The molecular weight excluding hydrogens is 338 g/mol. The maximum absolute atomic E-state index is 4.86. The Labute approximate surface area is 164 Å². The summed E-state index contributed by atoms with van der Waals surface area (Å²) in [5.41, 5.74) is 4.23. The molecule has 6 rings (SSSR count). The van der Waals surface area contributed by atoms with E-state index in [4.69, 9.17) is 4.98 Å². The van der Waals surface area contributed by atoms with E-state index < -0.39 is 0 Å². The summed E-state index contributed by atoms with van der Waals surface area (Å²) in [6, 6.07) is 28.8. The van der Waals surface area contributed by atoms with E-state index in [-0.39, 0.29) is 0 Å². The minimum Gasteiger partial charge on any atom is -0.260 e. The first kappa shape index (κ1) is 15.8. The number of fused-ring (bicyclic) bond motifs is 6. The first-order chi connectivity index (χ1) is 13.9. The van der Waals surface area contributed by atoms with Gasteiger partial charge in [-0.1, -0.05) is 72.8 Å². The molecule has 0 saturated carbocycles. The summed E-state index contributed by atoms with van der Waals surface area (Å²) >= 11 is 0. The van der Waals surface area contributed by atoms with Crippen molar-refractivity contribution in [3.05, 3.63) is 102 Å². The standard InChI is InChI=1S/C27H21N/c1-3-8-20-18(6-1)12-13-24-22-10-5-11-26(25(22)15-14-23(20)24)27-21-9-4-2-7-19(21)16-17-28-27/h1-4,6-9,12-17,26H,5,10-11H2. The van der Waals surface area contributed by atoms with Crippen molar-refractivity contribution in [3.8, 4) is 0 Å². The zero-order chi connectivity index (χ0) is 18.5. The van der Waals surface area contributed by atoms with Gasteiger partial charge in [-0.2, -0.15) is 0 Å². The second-order valence-electron chi connectivity index (χ2n) is 7.88. The van der Waals surface area contributed by atoms with E-state index in [9.17, 15) is 0 Å². The van der Waals surface area contributed by atoms with Crippen LogP contribution in [0, 0.1) is 0 Å². The molecule has 4 aromatic carbocycles. The lowest BCUT2D eigenvalue weighted by Crippen LogP contribution is -2.13. The largest absolute Gasteiger partial charge is 0.260 e. The SMILES string of the molecule is c1ccc2c(C3CCCc4c3ccc3c4ccc4ccccc43)nccc2c1. The van der Waals surface area contributed by atoms with Crippen LogP contribution in [0.1, 0.15) is 35.6 Å². The fourth-order valence-electron chi connectivity index (χ4n) is 5.12. The number of aryl methyl sites for hydroxylation is 1. The van der Waals surface area contributed by atoms with Gasteiger partial charge < -0.3 is 0 Å². The van der Waals surface area contributed by atoms with Gasteiger partial charge in [0.25, 0.3) is 0 Å². The molecule has 1 unspecified atom stereocenters. The summed E-state index contributed by atoms with van der Waals surface area (Å²) in [7, 11) is 0. The van der Waals surface area contributed by atoms with E-state index in [0.29, 0.717) is 5.92 Å². The van der Waals surface area contributed by atoms with Gasteiger partial charge in [0, 0.05) is 17.5 Å². The minimum absolute atomic E-state index is 0.380. The highest BCUT2D eigenvalue weighted by molar-refractivity contribution is 6.08. The number of aromatic nitrogens is 1. The predicted octanol–water partition coefficient (Wildman–Crippen LogP) is 7.01. The molecule has 1 aliphatic rings. The first-order valence-corrected chi connectivity index (χ1v) is 10.2. The monoisotopic (exact) mass is 359 g/mol. The Morgan fingerprint density at radius 3 is 2.29 bits per heavy atom. The van der Waals surface area contributed by atoms with Crippen molar-refractivity contribution in [2.45, 2.75) is 25.2 Å². The molecule has 0 N–H and O–H groups in total. The van der Waals surface area contributed by atoms with E-state index in [0.717, 1.165) is 6.42 Å². The summed E-state index contributed by atoms with van der Waals surface area (Å²) in [6.07, 6.45) is 5.52. The molecular formula is C27H21N. The van der Waals surface area contributed by atoms with Crippen molar-refractivity contribution < 1.29 is 0 Å². The quantitative estimate of drug-likeness (QED) is 0.293. The number of nitrogens with zero attached hydrogens (tertiary/aromatic N) is 1. The molecule has 0 aliphatic heterocycles. The van der Waals surface area contributed by atoms with Crippen LogP contribution in [-0.4, -0.2) is 4.98 Å². The number of benzene rings is 4. The van der Waals surface area contributed by atoms with Gasteiger partial charge in [-0.25, -0.2) is 0 Å². The lowest BCUT2D eigenvalue weighted by molar-refractivity contribution is 0.611. The maximum Gasteiger partial charge on any atom is 0.0556 e. The van der Waals surface area contributed by atoms with E-state index in [1.807, 2.05) is 6.20 Å². The number of hydrogen-bond donors (Lipinski definition) is 0.